The van der Waals surface area contributed by atoms with Crippen LogP contribution in [-0.4, -0.2) is 70.5 Å². The normalized spacial score (nSPS) is 14.2. The third-order valence-electron chi connectivity index (χ3n) is 7.34. The zero-order chi connectivity index (χ0) is 29.8. The molecule has 0 aromatic heterocycles. The first-order chi connectivity index (χ1) is 19.7. The van der Waals surface area contributed by atoms with Crippen LogP contribution in [0.1, 0.15) is 51.8 Å². The van der Waals surface area contributed by atoms with E-state index in [0.717, 1.165) is 55.6 Å². The van der Waals surface area contributed by atoms with Crippen LogP contribution in [0.15, 0.2) is 66.7 Å². The quantitative estimate of drug-likeness (QED) is 0.217. The maximum atomic E-state index is 11.5. The largest absolute Gasteiger partial charge is 0.493 e. The number of amides is 1. The Bertz CT molecular complexity index is 1270. The molecule has 0 unspecified atom stereocenters. The minimum absolute atomic E-state index is 0. The second-order valence-corrected chi connectivity index (χ2v) is 10.8. The predicted octanol–water partition coefficient (Wildman–Crippen LogP) is 6.83. The number of hydrogen-bond donors (Lipinski definition) is 1. The van der Waals surface area contributed by atoms with E-state index in [-0.39, 0.29) is 7.33 Å². The number of nitrogens with zero attached hydrogens (tertiary/aromatic N) is 3. The molecule has 0 aliphatic carbocycles. The van der Waals surface area contributed by atoms with E-state index in [1.165, 1.54) is 24.7 Å². The minimum Gasteiger partial charge on any atom is -0.493 e. The number of ether oxygens (including phenoxy) is 1. The molecule has 0 saturated carbocycles. The average molecular weight is 561 g/mol. The summed E-state index contributed by atoms with van der Waals surface area (Å²) in [5.74, 6) is 0.690. The van der Waals surface area contributed by atoms with Crippen molar-refractivity contribution in [2.45, 2.75) is 46.1 Å². The smallest absolute Gasteiger partial charge is 0.223 e. The van der Waals surface area contributed by atoms with Crippen molar-refractivity contribution >= 4 is 29.3 Å². The number of aldehydes is 1. The Morgan fingerprint density at radius 2 is 1.83 bits per heavy atom. The molecule has 41 heavy (non-hydrogen) atoms. The fraction of sp³-hybridized carbons (Fsp3) is 0.412. The summed E-state index contributed by atoms with van der Waals surface area (Å²) >= 11 is 0. The number of carbonyl (C=O) groups is 2. The summed E-state index contributed by atoms with van der Waals surface area (Å²) in [6.07, 6.45) is 4.09. The second kappa shape index (κ2) is 15.8. The Balaban J connectivity index is 0.000000366. The lowest BCUT2D eigenvalue weighted by Crippen LogP contribution is -2.22. The third-order valence-corrected chi connectivity index (χ3v) is 7.34. The minimum atomic E-state index is -0.0138. The van der Waals surface area contributed by atoms with E-state index >= 15 is 0 Å². The van der Waals surface area contributed by atoms with E-state index in [9.17, 15) is 9.59 Å². The van der Waals surface area contributed by atoms with Crippen molar-refractivity contribution in [1.82, 2.24) is 4.90 Å². The van der Waals surface area contributed by atoms with Gasteiger partial charge in [0.25, 0.3) is 0 Å². The van der Waals surface area contributed by atoms with E-state index in [0.29, 0.717) is 24.0 Å². The van der Waals surface area contributed by atoms with Gasteiger partial charge in [0.15, 0.2) is 0 Å². The molecule has 0 radical (unpaired) electrons. The highest BCUT2D eigenvalue weighted by molar-refractivity contribution is 5.91. The van der Waals surface area contributed by atoms with Crippen molar-refractivity contribution in [3.8, 4) is 16.9 Å². The maximum Gasteiger partial charge on any atom is 0.223 e. The molecule has 1 N–H and O–H groups in total. The number of nitrogens with one attached hydrogen (secondary N) is 1. The topological polar surface area (TPSA) is 65.1 Å². The Labute approximate surface area is 247 Å². The number of fused-ring (bicyclic) bond motifs is 1. The predicted molar refractivity (Wildman–Crippen MR) is 174 cm³/mol. The molecule has 4 rings (SSSR count). The SMILES string of the molecule is CCCN(C)CCCOc1cc(C=O)ccc1-c1ccc(N(C)C(C)=O)cc1.C[C@H]1CCN(C)c2ccccc2N1.[HH]. The van der Waals surface area contributed by atoms with Crippen molar-refractivity contribution < 1.29 is 15.8 Å². The third kappa shape index (κ3) is 9.35. The molecule has 3 aromatic carbocycles. The number of rotatable bonds is 10. The van der Waals surface area contributed by atoms with Crippen molar-refractivity contribution in [2.24, 2.45) is 0 Å². The summed E-state index contributed by atoms with van der Waals surface area (Å²) in [4.78, 5) is 28.9. The molecule has 1 aliphatic rings. The Kier molecular flexibility index (Phi) is 12.2. The van der Waals surface area contributed by atoms with Crippen LogP contribution in [0.25, 0.3) is 11.1 Å². The number of carbonyl (C=O) groups excluding carboxylic acids is 2. The molecule has 1 atom stereocenters. The van der Waals surface area contributed by atoms with Gasteiger partial charge >= 0.3 is 0 Å². The van der Waals surface area contributed by atoms with Crippen LogP contribution < -0.4 is 19.9 Å². The highest BCUT2D eigenvalue weighted by Gasteiger charge is 2.14. The number of benzene rings is 3. The lowest BCUT2D eigenvalue weighted by molar-refractivity contribution is -0.116. The molecular weight excluding hydrogens is 512 g/mol. The van der Waals surface area contributed by atoms with Gasteiger partial charge in [-0.25, -0.2) is 0 Å². The molecule has 0 fully saturated rings. The van der Waals surface area contributed by atoms with E-state index < -0.39 is 0 Å². The average Bonchev–Trinajstić information content (AvgIpc) is 3.12. The zero-order valence-corrected chi connectivity index (χ0v) is 25.5. The summed E-state index contributed by atoms with van der Waals surface area (Å²) in [5, 5.41) is 3.51. The van der Waals surface area contributed by atoms with E-state index in [2.05, 4.69) is 67.3 Å². The first-order valence-electron chi connectivity index (χ1n) is 14.6. The summed E-state index contributed by atoms with van der Waals surface area (Å²) in [6, 6.07) is 22.3. The van der Waals surface area contributed by atoms with Crippen molar-refractivity contribution in [2.75, 3.05) is 62.5 Å². The van der Waals surface area contributed by atoms with Crippen LogP contribution in [-0.2, 0) is 4.79 Å². The van der Waals surface area contributed by atoms with Gasteiger partial charge in [0.2, 0.25) is 5.91 Å². The van der Waals surface area contributed by atoms with Gasteiger partial charge in [-0.05, 0) is 81.7 Å². The Morgan fingerprint density at radius 3 is 2.51 bits per heavy atom. The molecule has 1 amide bonds. The van der Waals surface area contributed by atoms with Crippen LogP contribution in [0.5, 0.6) is 5.75 Å². The molecule has 222 valence electrons. The zero-order valence-electron chi connectivity index (χ0n) is 25.5. The van der Waals surface area contributed by atoms with Crippen LogP contribution >= 0.6 is 0 Å². The highest BCUT2D eigenvalue weighted by Crippen LogP contribution is 2.32. The van der Waals surface area contributed by atoms with Gasteiger partial charge in [0.1, 0.15) is 12.0 Å². The number of anilines is 3. The van der Waals surface area contributed by atoms with E-state index in [4.69, 9.17) is 4.74 Å². The molecule has 0 spiro atoms. The standard InChI is InChI=1S/C23H30N2O3.C11H16N2.H2/c1-5-13-24(3)14-6-15-28-23-16-19(17-26)7-12-22(23)20-8-10-21(11-9-20)25(4)18(2)27;1-9-7-8-13(2)11-6-4-3-5-10(11)12-9;/h7-12,16-17H,5-6,13-15H2,1-4H3;3-6,9,12H,7-8H2,1-2H3;1H/t;9-;/m.0./s1. The Morgan fingerprint density at radius 1 is 1.10 bits per heavy atom. The summed E-state index contributed by atoms with van der Waals surface area (Å²) in [6.45, 7) is 9.71. The molecule has 0 bridgehead atoms. The van der Waals surface area contributed by atoms with Crippen molar-refractivity contribution in [3.63, 3.8) is 0 Å². The second-order valence-electron chi connectivity index (χ2n) is 10.8. The van der Waals surface area contributed by atoms with Crippen LogP contribution in [0.2, 0.25) is 0 Å². The summed E-state index contributed by atoms with van der Waals surface area (Å²) in [7, 11) is 6.01. The van der Waals surface area contributed by atoms with Crippen LogP contribution in [0, 0.1) is 0 Å². The van der Waals surface area contributed by atoms with Gasteiger partial charge in [0, 0.05) is 58.4 Å². The molecule has 1 aliphatic heterocycles. The lowest BCUT2D eigenvalue weighted by atomic mass is 10.0. The van der Waals surface area contributed by atoms with Crippen molar-refractivity contribution in [1.29, 1.82) is 0 Å². The Hall–Kier alpha value is -3.84. The fourth-order valence-corrected chi connectivity index (χ4v) is 4.80. The van der Waals surface area contributed by atoms with Gasteiger partial charge in [0.05, 0.1) is 18.0 Å². The first kappa shape index (κ1) is 31.7. The molecule has 1 heterocycles. The van der Waals surface area contributed by atoms with Gasteiger partial charge in [-0.3, -0.25) is 9.59 Å². The summed E-state index contributed by atoms with van der Waals surface area (Å²) < 4.78 is 6.03. The van der Waals surface area contributed by atoms with E-state index in [1.807, 2.05) is 30.3 Å². The van der Waals surface area contributed by atoms with E-state index in [1.54, 1.807) is 24.1 Å². The van der Waals surface area contributed by atoms with Gasteiger partial charge < -0.3 is 24.8 Å². The van der Waals surface area contributed by atoms with Gasteiger partial charge in [-0.15, -0.1) is 0 Å². The fourth-order valence-electron chi connectivity index (χ4n) is 4.80. The molecule has 7 nitrogen and oxygen atoms in total. The van der Waals surface area contributed by atoms with Gasteiger partial charge in [-0.2, -0.15) is 0 Å². The number of para-hydroxylation sites is 2. The molecular formula is C34H48N4O3. The van der Waals surface area contributed by atoms with Crippen LogP contribution in [0.3, 0.4) is 0 Å². The molecule has 3 aromatic rings. The van der Waals surface area contributed by atoms with Gasteiger partial charge in [-0.1, -0.05) is 37.3 Å². The maximum absolute atomic E-state index is 11.5. The van der Waals surface area contributed by atoms with Crippen LogP contribution in [0.4, 0.5) is 17.1 Å². The summed E-state index contributed by atoms with van der Waals surface area (Å²) in [5.41, 5.74) is 5.92. The van der Waals surface area contributed by atoms with Crippen molar-refractivity contribution in [3.05, 3.63) is 72.3 Å². The first-order valence-corrected chi connectivity index (χ1v) is 14.6. The molecule has 7 heteroatoms. The highest BCUT2D eigenvalue weighted by atomic mass is 16.5. The number of hydrogen-bond acceptors (Lipinski definition) is 6. The molecule has 0 saturated heterocycles. The monoisotopic (exact) mass is 560 g/mol. The lowest BCUT2D eigenvalue weighted by Gasteiger charge is -2.17.